The largest absolute Gasteiger partial charge is 0.370 e. The Bertz CT molecular complexity index is 1100. The molecule has 4 N–H and O–H groups in total. The molecule has 1 saturated carbocycles. The summed E-state index contributed by atoms with van der Waals surface area (Å²) in [6.07, 6.45) is 4.97. The molecule has 2 aromatic carbocycles. The number of primary amides is 1. The van der Waals surface area contributed by atoms with Gasteiger partial charge < -0.3 is 21.3 Å². The molecule has 1 aliphatic heterocycles. The van der Waals surface area contributed by atoms with Crippen molar-refractivity contribution in [3.05, 3.63) is 63.6 Å². The molecule has 4 rings (SSSR count). The molecule has 0 aromatic heterocycles. The van der Waals surface area contributed by atoms with Crippen molar-refractivity contribution in [3.63, 3.8) is 0 Å². The van der Waals surface area contributed by atoms with Gasteiger partial charge in [-0.1, -0.05) is 61.2 Å². The van der Waals surface area contributed by atoms with Gasteiger partial charge in [-0.05, 0) is 68.0 Å². The van der Waals surface area contributed by atoms with E-state index in [2.05, 4.69) is 36.3 Å². The van der Waals surface area contributed by atoms with E-state index in [4.69, 9.17) is 33.9 Å². The fourth-order valence-corrected chi connectivity index (χ4v) is 6.25. The Morgan fingerprint density at radius 1 is 1.11 bits per heavy atom. The highest BCUT2D eigenvalue weighted by molar-refractivity contribution is 6.35. The first-order valence-electron chi connectivity index (χ1n) is 13.4. The summed E-state index contributed by atoms with van der Waals surface area (Å²) >= 11 is 12.6. The van der Waals surface area contributed by atoms with Gasteiger partial charge in [0.15, 0.2) is 5.96 Å². The van der Waals surface area contributed by atoms with E-state index < -0.39 is 0 Å². The normalized spacial score (nSPS) is 25.5. The van der Waals surface area contributed by atoms with E-state index >= 15 is 0 Å². The maximum Gasteiger partial charge on any atom is 0.218 e. The van der Waals surface area contributed by atoms with Crippen molar-refractivity contribution >= 4 is 40.8 Å². The number of aliphatic imine (C=N–C) groups is 1. The molecule has 37 heavy (non-hydrogen) atoms. The van der Waals surface area contributed by atoms with E-state index in [1.165, 1.54) is 12.8 Å². The fraction of sp³-hybridized carbons (Fsp3) is 0.517. The molecule has 2 fully saturated rings. The van der Waals surface area contributed by atoms with Gasteiger partial charge in [0.2, 0.25) is 5.91 Å². The average molecular weight is 545 g/mol. The number of benzene rings is 2. The summed E-state index contributed by atoms with van der Waals surface area (Å²) in [7, 11) is 0. The monoisotopic (exact) mass is 543 g/mol. The van der Waals surface area contributed by atoms with Gasteiger partial charge in [-0.2, -0.15) is 0 Å². The van der Waals surface area contributed by atoms with E-state index in [-0.39, 0.29) is 18.2 Å². The second kappa shape index (κ2) is 12.5. The molecular formula is C29H39Cl2N5O. The van der Waals surface area contributed by atoms with E-state index in [1.54, 1.807) is 12.1 Å². The minimum Gasteiger partial charge on any atom is -0.370 e. The number of halogens is 2. The molecule has 0 bridgehead atoms. The van der Waals surface area contributed by atoms with Gasteiger partial charge in [0.25, 0.3) is 0 Å². The number of nitrogens with two attached hydrogens (primary N) is 1. The molecular weight excluding hydrogens is 505 g/mol. The minimum absolute atomic E-state index is 0.164. The Kier molecular flexibility index (Phi) is 9.38. The van der Waals surface area contributed by atoms with Gasteiger partial charge in [0.05, 0.1) is 6.04 Å². The fourth-order valence-electron chi connectivity index (χ4n) is 5.71. The van der Waals surface area contributed by atoms with Crippen molar-refractivity contribution in [2.24, 2.45) is 16.6 Å². The number of amides is 1. The highest BCUT2D eigenvalue weighted by Crippen LogP contribution is 2.35. The van der Waals surface area contributed by atoms with Crippen molar-refractivity contribution < 1.29 is 4.79 Å². The number of nitrogens with zero attached hydrogens (tertiary/aromatic N) is 2. The van der Waals surface area contributed by atoms with Gasteiger partial charge in [-0.3, -0.25) is 4.79 Å². The van der Waals surface area contributed by atoms with Crippen LogP contribution in [0.25, 0.3) is 0 Å². The molecule has 2 aliphatic rings. The van der Waals surface area contributed by atoms with E-state index in [0.29, 0.717) is 34.1 Å². The Balaban J connectivity index is 1.59. The van der Waals surface area contributed by atoms with Crippen molar-refractivity contribution in [1.29, 1.82) is 0 Å². The molecule has 1 heterocycles. The van der Waals surface area contributed by atoms with Crippen LogP contribution in [-0.2, 0) is 4.79 Å². The molecule has 8 heteroatoms. The summed E-state index contributed by atoms with van der Waals surface area (Å²) < 4.78 is 0. The lowest BCUT2D eigenvalue weighted by Crippen LogP contribution is -2.57. The molecule has 1 amide bonds. The van der Waals surface area contributed by atoms with E-state index in [1.807, 2.05) is 30.3 Å². The van der Waals surface area contributed by atoms with Crippen LogP contribution >= 0.6 is 23.2 Å². The Hall–Kier alpha value is -2.28. The van der Waals surface area contributed by atoms with Gasteiger partial charge in [-0.15, -0.1) is 0 Å². The Morgan fingerprint density at radius 3 is 2.43 bits per heavy atom. The predicted octanol–water partition coefficient (Wildman–Crippen LogP) is 6.03. The number of anilines is 1. The number of hydrogen-bond acceptors (Lipinski definition) is 3. The first-order chi connectivity index (χ1) is 17.7. The molecule has 6 nitrogen and oxygen atoms in total. The smallest absolute Gasteiger partial charge is 0.218 e. The summed E-state index contributed by atoms with van der Waals surface area (Å²) in [6.45, 7) is 8.59. The zero-order valence-corrected chi connectivity index (χ0v) is 23.5. The van der Waals surface area contributed by atoms with Gasteiger partial charge in [0, 0.05) is 53.2 Å². The minimum atomic E-state index is -0.378. The third-order valence-electron chi connectivity index (χ3n) is 7.38. The Morgan fingerprint density at radius 2 is 1.81 bits per heavy atom. The molecule has 1 saturated heterocycles. The van der Waals surface area contributed by atoms with E-state index in [9.17, 15) is 4.79 Å². The van der Waals surface area contributed by atoms with E-state index in [0.717, 1.165) is 48.7 Å². The van der Waals surface area contributed by atoms with Crippen LogP contribution < -0.4 is 16.4 Å². The number of nitrogens with one attached hydrogen (secondary N) is 2. The van der Waals surface area contributed by atoms with Gasteiger partial charge in [-0.25, -0.2) is 4.99 Å². The summed E-state index contributed by atoms with van der Waals surface area (Å²) in [5.41, 5.74) is 8.37. The standard InChI is InChI=1S/C29H39Cl2N5O/c1-18-5-4-6-24(13-18)35-29(36-16-19(2)33-20(3)17-36)34-23-10-7-21(8-11-23)26(15-28(32)37)25-12-9-22(30)14-27(25)31/h7-12,14,18-20,24,26,33H,4-6,13,15-17H2,1-3H3,(H2,32,37)(H,34,35)/t18?,19-,20+,24?,26?. The zero-order chi connectivity index (χ0) is 26.5. The second-order valence-corrected chi connectivity index (χ2v) is 11.7. The Labute approximate surface area is 231 Å². The summed E-state index contributed by atoms with van der Waals surface area (Å²) in [5, 5.41) is 8.33. The lowest BCUT2D eigenvalue weighted by molar-refractivity contribution is -0.118. The van der Waals surface area contributed by atoms with Crippen molar-refractivity contribution in [2.45, 2.75) is 76.9 Å². The van der Waals surface area contributed by atoms with Gasteiger partial charge in [0.1, 0.15) is 0 Å². The number of guanidine groups is 1. The van der Waals surface area contributed by atoms with Crippen LogP contribution in [-0.4, -0.2) is 48.0 Å². The first kappa shape index (κ1) is 27.7. The topological polar surface area (TPSA) is 82.7 Å². The first-order valence-corrected chi connectivity index (χ1v) is 14.1. The highest BCUT2D eigenvalue weighted by atomic mass is 35.5. The molecule has 0 spiro atoms. The second-order valence-electron chi connectivity index (χ2n) is 10.9. The van der Waals surface area contributed by atoms with Crippen LogP contribution in [0.5, 0.6) is 0 Å². The quantitative estimate of drug-likeness (QED) is 0.306. The molecule has 2 aromatic rings. The van der Waals surface area contributed by atoms with Crippen LogP contribution in [0.15, 0.2) is 47.5 Å². The average Bonchev–Trinajstić information content (AvgIpc) is 2.82. The van der Waals surface area contributed by atoms with Crippen molar-refractivity contribution in [2.75, 3.05) is 18.4 Å². The molecule has 3 unspecified atom stereocenters. The third-order valence-corrected chi connectivity index (χ3v) is 7.95. The lowest BCUT2D eigenvalue weighted by Gasteiger charge is -2.39. The zero-order valence-electron chi connectivity index (χ0n) is 22.0. The molecule has 5 atom stereocenters. The maximum absolute atomic E-state index is 11.9. The number of carbonyl (C=O) groups is 1. The highest BCUT2D eigenvalue weighted by Gasteiger charge is 2.26. The number of carbonyl (C=O) groups excluding carboxylic acids is 1. The van der Waals surface area contributed by atoms with Crippen molar-refractivity contribution in [3.8, 4) is 0 Å². The molecule has 200 valence electrons. The molecule has 0 radical (unpaired) electrons. The third kappa shape index (κ3) is 7.62. The van der Waals surface area contributed by atoms with Crippen LogP contribution in [0.4, 0.5) is 5.69 Å². The predicted molar refractivity (Wildman–Crippen MR) is 155 cm³/mol. The van der Waals surface area contributed by atoms with Crippen LogP contribution in [0, 0.1) is 5.92 Å². The van der Waals surface area contributed by atoms with Crippen LogP contribution in [0.2, 0.25) is 10.0 Å². The van der Waals surface area contributed by atoms with Crippen LogP contribution in [0.3, 0.4) is 0 Å². The summed E-state index contributed by atoms with van der Waals surface area (Å²) in [5.74, 6) is 1.03. The number of hydrogen-bond donors (Lipinski definition) is 3. The number of piperazine rings is 1. The summed E-state index contributed by atoms with van der Waals surface area (Å²) in [6, 6.07) is 14.6. The maximum atomic E-state index is 11.9. The summed E-state index contributed by atoms with van der Waals surface area (Å²) in [4.78, 5) is 19.5. The molecule has 1 aliphatic carbocycles. The SMILES string of the molecule is CC1CCCC(N=C(Nc2ccc(C(CC(N)=O)c3ccc(Cl)cc3Cl)cc2)N2C[C@@H](C)N[C@@H](C)C2)C1. The lowest BCUT2D eigenvalue weighted by atomic mass is 9.87. The van der Waals surface area contributed by atoms with Gasteiger partial charge >= 0.3 is 0 Å². The van der Waals surface area contributed by atoms with Crippen LogP contribution in [0.1, 0.15) is 69.9 Å². The number of rotatable bonds is 6. The van der Waals surface area contributed by atoms with Crippen molar-refractivity contribution in [1.82, 2.24) is 10.2 Å².